The molecule has 200 valence electrons. The van der Waals surface area contributed by atoms with Gasteiger partial charge in [-0.25, -0.2) is 0 Å². The lowest BCUT2D eigenvalue weighted by atomic mass is 9.85. The predicted molar refractivity (Wildman–Crippen MR) is 122 cm³/mol. The molecule has 2 aliphatic carbocycles. The zero-order valence-electron chi connectivity index (χ0n) is 21.0. The number of alkyl halides is 3. The van der Waals surface area contributed by atoms with E-state index in [-0.39, 0.29) is 30.2 Å². The summed E-state index contributed by atoms with van der Waals surface area (Å²) in [5, 5.41) is 17.0. The van der Waals surface area contributed by atoms with Crippen molar-refractivity contribution >= 4 is 23.6 Å². The summed E-state index contributed by atoms with van der Waals surface area (Å²) >= 11 is 0. The number of amides is 4. The molecule has 0 radical (unpaired) electrons. The highest BCUT2D eigenvalue weighted by Gasteiger charge is 2.52. The van der Waals surface area contributed by atoms with E-state index >= 15 is 0 Å². The van der Waals surface area contributed by atoms with Crippen LogP contribution in [0.15, 0.2) is 0 Å². The molecule has 1 heterocycles. The van der Waals surface area contributed by atoms with Gasteiger partial charge in [0.1, 0.15) is 18.1 Å². The molecule has 3 fully saturated rings. The van der Waals surface area contributed by atoms with Crippen molar-refractivity contribution in [1.29, 1.82) is 5.26 Å². The van der Waals surface area contributed by atoms with Crippen molar-refractivity contribution in [3.63, 3.8) is 0 Å². The number of carbonyl (C=O) groups is 4. The maximum Gasteiger partial charge on any atom is 0.471 e. The Morgan fingerprint density at radius 2 is 1.78 bits per heavy atom. The molecule has 0 aromatic rings. The van der Waals surface area contributed by atoms with E-state index in [9.17, 15) is 37.6 Å². The van der Waals surface area contributed by atoms with Crippen LogP contribution in [0.25, 0.3) is 0 Å². The Morgan fingerprint density at radius 1 is 1.17 bits per heavy atom. The number of likely N-dealkylation sites (N-methyl/N-ethyl adjacent to an activating group) is 1. The van der Waals surface area contributed by atoms with Gasteiger partial charge in [-0.1, -0.05) is 33.6 Å². The van der Waals surface area contributed by atoms with Gasteiger partial charge in [0.2, 0.25) is 17.7 Å². The number of nitriles is 1. The molecule has 12 heteroatoms. The fourth-order valence-electron chi connectivity index (χ4n) is 4.67. The topological polar surface area (TPSA) is 131 Å². The van der Waals surface area contributed by atoms with Gasteiger partial charge in [-0.3, -0.25) is 19.2 Å². The first-order valence-corrected chi connectivity index (χ1v) is 12.2. The molecule has 1 spiro atoms. The molecular weight excluding hydrogens is 479 g/mol. The van der Waals surface area contributed by atoms with Crippen LogP contribution >= 0.6 is 0 Å². The number of hydrogen-bond donors (Lipinski definition) is 3. The largest absolute Gasteiger partial charge is 0.471 e. The van der Waals surface area contributed by atoms with Gasteiger partial charge in [0.05, 0.1) is 6.07 Å². The normalized spacial score (nSPS) is 23.2. The van der Waals surface area contributed by atoms with E-state index in [0.717, 1.165) is 30.6 Å². The molecule has 0 aromatic carbocycles. The summed E-state index contributed by atoms with van der Waals surface area (Å²) in [6, 6.07) is -1.52. The summed E-state index contributed by atoms with van der Waals surface area (Å²) in [6.07, 6.45) is -0.644. The zero-order chi connectivity index (χ0) is 27.1. The van der Waals surface area contributed by atoms with Crippen LogP contribution in [0, 0.1) is 28.6 Å². The average molecular weight is 514 g/mol. The molecule has 3 aliphatic rings. The van der Waals surface area contributed by atoms with Gasteiger partial charge in [-0.15, -0.1) is 0 Å². The number of nitrogens with zero attached hydrogens (tertiary/aromatic N) is 2. The quantitative estimate of drug-likeness (QED) is 0.433. The molecule has 3 N–H and O–H groups in total. The molecule has 0 aromatic heterocycles. The van der Waals surface area contributed by atoms with Crippen molar-refractivity contribution in [1.82, 2.24) is 20.9 Å². The molecular formula is C24H34F3N5O4. The summed E-state index contributed by atoms with van der Waals surface area (Å²) in [7, 11) is 1.32. The molecule has 1 aliphatic heterocycles. The van der Waals surface area contributed by atoms with Crippen molar-refractivity contribution < 1.29 is 32.3 Å². The van der Waals surface area contributed by atoms with E-state index < -0.39 is 53.4 Å². The van der Waals surface area contributed by atoms with Crippen LogP contribution in [0.2, 0.25) is 0 Å². The van der Waals surface area contributed by atoms with E-state index in [0.29, 0.717) is 6.42 Å². The first kappa shape index (κ1) is 27.7. The Balaban J connectivity index is 1.72. The van der Waals surface area contributed by atoms with Gasteiger partial charge in [0.15, 0.2) is 0 Å². The lowest BCUT2D eigenvalue weighted by Gasteiger charge is -2.36. The zero-order valence-corrected chi connectivity index (χ0v) is 21.0. The Hall–Kier alpha value is -2.84. The van der Waals surface area contributed by atoms with Crippen molar-refractivity contribution in [3.8, 4) is 6.07 Å². The van der Waals surface area contributed by atoms with Crippen LogP contribution in [0.4, 0.5) is 13.2 Å². The Kier molecular flexibility index (Phi) is 7.63. The number of carbonyl (C=O) groups excluding carboxylic acids is 4. The minimum atomic E-state index is -5.17. The predicted octanol–water partition coefficient (Wildman–Crippen LogP) is 1.77. The minimum Gasteiger partial charge on any atom is -0.350 e. The monoisotopic (exact) mass is 513 g/mol. The van der Waals surface area contributed by atoms with E-state index in [1.807, 2.05) is 6.07 Å². The van der Waals surface area contributed by atoms with E-state index in [1.165, 1.54) is 27.8 Å². The molecule has 0 bridgehead atoms. The maximum atomic E-state index is 13.3. The molecule has 4 atom stereocenters. The van der Waals surface area contributed by atoms with E-state index in [4.69, 9.17) is 0 Å². The number of halogens is 3. The SMILES string of the molecule is CN(C(=O)C(NC(=O)C(F)(F)F)C(C)(C)C)C(CC1CC1)C(=O)NC(C#N)CC1CC2(CC2)NC1=O. The number of nitrogens with one attached hydrogen (secondary N) is 3. The van der Waals surface area contributed by atoms with Crippen molar-refractivity contribution in [2.24, 2.45) is 17.3 Å². The lowest BCUT2D eigenvalue weighted by Crippen LogP contribution is -2.60. The van der Waals surface area contributed by atoms with Crippen molar-refractivity contribution in [2.45, 2.75) is 95.6 Å². The standard InChI is InChI=1S/C24H34F3N5O4/c1-22(2,3)17(30-21(36)24(25,26)27)20(35)32(4)16(9-13-5-6-13)19(34)29-15(12-28)10-14-11-23(7-8-23)31-18(14)33/h13-17H,5-11H2,1-4H3,(H,29,34)(H,30,36)(H,31,33). The third-order valence-corrected chi connectivity index (χ3v) is 7.26. The van der Waals surface area contributed by atoms with Crippen LogP contribution in [-0.4, -0.2) is 65.4 Å². The Morgan fingerprint density at radius 3 is 2.22 bits per heavy atom. The second-order valence-electron chi connectivity index (χ2n) is 11.5. The summed E-state index contributed by atoms with van der Waals surface area (Å²) in [6.45, 7) is 4.54. The van der Waals surface area contributed by atoms with Gasteiger partial charge in [0.25, 0.3) is 0 Å². The lowest BCUT2D eigenvalue weighted by molar-refractivity contribution is -0.176. The van der Waals surface area contributed by atoms with Gasteiger partial charge < -0.3 is 20.9 Å². The summed E-state index contributed by atoms with van der Waals surface area (Å²) in [4.78, 5) is 51.5. The fourth-order valence-corrected chi connectivity index (χ4v) is 4.67. The Bertz CT molecular complexity index is 947. The van der Waals surface area contributed by atoms with E-state index in [2.05, 4.69) is 10.6 Å². The molecule has 36 heavy (non-hydrogen) atoms. The molecule has 3 rings (SSSR count). The molecule has 4 amide bonds. The van der Waals surface area contributed by atoms with Crippen LogP contribution in [0.3, 0.4) is 0 Å². The van der Waals surface area contributed by atoms with Gasteiger partial charge in [-0.2, -0.15) is 18.4 Å². The first-order chi connectivity index (χ1) is 16.6. The second-order valence-corrected chi connectivity index (χ2v) is 11.5. The van der Waals surface area contributed by atoms with Gasteiger partial charge >= 0.3 is 12.1 Å². The second kappa shape index (κ2) is 9.90. The van der Waals surface area contributed by atoms with Crippen LogP contribution in [0.5, 0.6) is 0 Å². The highest BCUT2D eigenvalue weighted by atomic mass is 19.4. The molecule has 2 saturated carbocycles. The molecule has 1 saturated heterocycles. The average Bonchev–Trinajstić information content (AvgIpc) is 3.68. The minimum absolute atomic E-state index is 0.135. The van der Waals surface area contributed by atoms with Crippen LogP contribution in [0.1, 0.15) is 65.7 Å². The van der Waals surface area contributed by atoms with Crippen molar-refractivity contribution in [2.75, 3.05) is 7.05 Å². The van der Waals surface area contributed by atoms with Crippen molar-refractivity contribution in [3.05, 3.63) is 0 Å². The molecule has 9 nitrogen and oxygen atoms in total. The smallest absolute Gasteiger partial charge is 0.350 e. The first-order valence-electron chi connectivity index (χ1n) is 12.2. The third kappa shape index (κ3) is 6.68. The molecule has 4 unspecified atom stereocenters. The maximum absolute atomic E-state index is 13.3. The highest BCUT2D eigenvalue weighted by molar-refractivity contribution is 5.93. The van der Waals surface area contributed by atoms with Crippen LogP contribution in [-0.2, 0) is 19.2 Å². The summed E-state index contributed by atoms with van der Waals surface area (Å²) in [5.74, 6) is -4.05. The van der Waals surface area contributed by atoms with Gasteiger partial charge in [-0.05, 0) is 43.4 Å². The van der Waals surface area contributed by atoms with Gasteiger partial charge in [0, 0.05) is 18.5 Å². The van der Waals surface area contributed by atoms with E-state index in [1.54, 1.807) is 5.32 Å². The number of rotatable bonds is 9. The summed E-state index contributed by atoms with van der Waals surface area (Å²) < 4.78 is 38.7. The summed E-state index contributed by atoms with van der Waals surface area (Å²) in [5.41, 5.74) is -1.24. The van der Waals surface area contributed by atoms with Crippen LogP contribution < -0.4 is 16.0 Å². The highest BCUT2D eigenvalue weighted by Crippen LogP contribution is 2.46. The number of hydrogen-bond acceptors (Lipinski definition) is 5. The Labute approximate surface area is 208 Å². The third-order valence-electron chi connectivity index (χ3n) is 7.26. The fraction of sp³-hybridized carbons (Fsp3) is 0.792.